The van der Waals surface area contributed by atoms with Gasteiger partial charge in [0.2, 0.25) is 0 Å². The van der Waals surface area contributed by atoms with Crippen LogP contribution in [0.4, 0.5) is 14.6 Å². The van der Waals surface area contributed by atoms with Crippen molar-refractivity contribution < 1.29 is 8.78 Å². The summed E-state index contributed by atoms with van der Waals surface area (Å²) in [4.78, 5) is 11.7. The molecule has 5 heteroatoms. The Labute approximate surface area is 187 Å². The number of anilines is 1. The van der Waals surface area contributed by atoms with E-state index in [4.69, 9.17) is 4.98 Å². The summed E-state index contributed by atoms with van der Waals surface area (Å²) in [5, 5.41) is 0. The molecule has 1 unspecified atom stereocenters. The first kappa shape index (κ1) is 20.8. The molecule has 2 aliphatic rings. The smallest absolute Gasteiger partial charge is 0.135 e. The quantitative estimate of drug-likeness (QED) is 0.458. The fraction of sp³-hybridized carbons (Fsp3) is 0.333. The molecule has 2 aliphatic heterocycles. The van der Waals surface area contributed by atoms with Crippen molar-refractivity contribution >= 4 is 11.5 Å². The molecule has 32 heavy (non-hydrogen) atoms. The van der Waals surface area contributed by atoms with Gasteiger partial charge in [0.1, 0.15) is 17.5 Å². The van der Waals surface area contributed by atoms with Crippen LogP contribution in [-0.2, 0) is 0 Å². The van der Waals surface area contributed by atoms with Gasteiger partial charge >= 0.3 is 0 Å². The first-order chi connectivity index (χ1) is 15.7. The third kappa shape index (κ3) is 4.29. The number of benzene rings is 2. The van der Waals surface area contributed by atoms with Crippen molar-refractivity contribution in [3.63, 3.8) is 0 Å². The Morgan fingerprint density at radius 1 is 0.781 bits per heavy atom. The van der Waals surface area contributed by atoms with Crippen molar-refractivity contribution in [2.75, 3.05) is 18.0 Å². The van der Waals surface area contributed by atoms with E-state index in [1.807, 2.05) is 6.20 Å². The summed E-state index contributed by atoms with van der Waals surface area (Å²) in [6.07, 6.45) is 8.37. The van der Waals surface area contributed by atoms with E-state index in [9.17, 15) is 8.78 Å². The Balaban J connectivity index is 1.31. The number of aliphatic imine (C=N–C) groups is 1. The Bertz CT molecular complexity index is 1080. The van der Waals surface area contributed by atoms with E-state index >= 15 is 0 Å². The highest BCUT2D eigenvalue weighted by Gasteiger charge is 2.24. The van der Waals surface area contributed by atoms with E-state index < -0.39 is 11.6 Å². The normalized spacial score (nSPS) is 19.0. The summed E-state index contributed by atoms with van der Waals surface area (Å²) < 4.78 is 28.2. The summed E-state index contributed by atoms with van der Waals surface area (Å²) >= 11 is 0. The average molecular weight is 432 g/mol. The maximum Gasteiger partial charge on any atom is 0.135 e. The van der Waals surface area contributed by atoms with Crippen LogP contribution in [0.15, 0.2) is 65.8 Å². The summed E-state index contributed by atoms with van der Waals surface area (Å²) in [6.45, 7) is 2.17. The van der Waals surface area contributed by atoms with Gasteiger partial charge in [-0.1, -0.05) is 43.2 Å². The molecule has 0 saturated carbocycles. The van der Waals surface area contributed by atoms with Crippen molar-refractivity contribution in [3.05, 3.63) is 83.6 Å². The van der Waals surface area contributed by atoms with Crippen molar-refractivity contribution in [2.45, 2.75) is 44.6 Å². The summed E-state index contributed by atoms with van der Waals surface area (Å²) in [5.41, 5.74) is 3.78. The Morgan fingerprint density at radius 2 is 1.47 bits per heavy atom. The van der Waals surface area contributed by atoms with Gasteiger partial charge in [-0.3, -0.25) is 4.99 Å². The molecule has 0 aliphatic carbocycles. The van der Waals surface area contributed by atoms with Crippen LogP contribution in [0, 0.1) is 11.6 Å². The Kier molecular flexibility index (Phi) is 5.97. The SMILES string of the molecule is Fc1cccc(F)c1C1=NC(c2ccc(-c3ccc(N4CCCCCC4)nc3)cc2)CC1. The zero-order valence-electron chi connectivity index (χ0n) is 18.1. The van der Waals surface area contributed by atoms with Crippen LogP contribution in [0.2, 0.25) is 0 Å². The minimum atomic E-state index is -0.545. The van der Waals surface area contributed by atoms with Crippen molar-refractivity contribution in [2.24, 2.45) is 4.99 Å². The molecule has 2 aromatic carbocycles. The Hall–Kier alpha value is -3.08. The van der Waals surface area contributed by atoms with Crippen LogP contribution in [0.5, 0.6) is 0 Å². The van der Waals surface area contributed by atoms with E-state index in [-0.39, 0.29) is 11.6 Å². The maximum atomic E-state index is 14.1. The predicted octanol–water partition coefficient (Wildman–Crippen LogP) is 6.73. The minimum absolute atomic E-state index is 0.0159. The van der Waals surface area contributed by atoms with E-state index in [1.54, 1.807) is 0 Å². The van der Waals surface area contributed by atoms with Gasteiger partial charge in [0.05, 0.1) is 11.6 Å². The van der Waals surface area contributed by atoms with E-state index in [0.29, 0.717) is 12.1 Å². The van der Waals surface area contributed by atoms with Crippen molar-refractivity contribution in [3.8, 4) is 11.1 Å². The molecule has 1 atom stereocenters. The summed E-state index contributed by atoms with van der Waals surface area (Å²) in [5.74, 6) is -0.0350. The zero-order valence-corrected chi connectivity index (χ0v) is 18.1. The molecule has 0 N–H and O–H groups in total. The molecule has 0 amide bonds. The second kappa shape index (κ2) is 9.19. The lowest BCUT2D eigenvalue weighted by atomic mass is 10.00. The minimum Gasteiger partial charge on any atom is -0.357 e. The zero-order chi connectivity index (χ0) is 21.9. The maximum absolute atomic E-state index is 14.1. The molecular weight excluding hydrogens is 404 g/mol. The van der Waals surface area contributed by atoms with Crippen LogP contribution in [0.3, 0.4) is 0 Å². The second-order valence-corrected chi connectivity index (χ2v) is 8.66. The van der Waals surface area contributed by atoms with Crippen LogP contribution in [0.25, 0.3) is 11.1 Å². The van der Waals surface area contributed by atoms with E-state index in [1.165, 1.54) is 43.9 Å². The lowest BCUT2D eigenvalue weighted by molar-refractivity contribution is 0.578. The fourth-order valence-corrected chi connectivity index (χ4v) is 4.74. The molecule has 1 saturated heterocycles. The summed E-state index contributed by atoms with van der Waals surface area (Å²) in [7, 11) is 0. The fourth-order valence-electron chi connectivity index (χ4n) is 4.74. The van der Waals surface area contributed by atoms with Crippen LogP contribution >= 0.6 is 0 Å². The second-order valence-electron chi connectivity index (χ2n) is 8.66. The molecule has 0 radical (unpaired) electrons. The number of pyridine rings is 1. The van der Waals surface area contributed by atoms with E-state index in [0.717, 1.165) is 42.0 Å². The predicted molar refractivity (Wildman–Crippen MR) is 125 cm³/mol. The van der Waals surface area contributed by atoms with Crippen LogP contribution in [0.1, 0.15) is 55.7 Å². The van der Waals surface area contributed by atoms with Crippen LogP contribution in [-0.4, -0.2) is 23.8 Å². The summed E-state index contributed by atoms with van der Waals surface area (Å²) in [6, 6.07) is 16.4. The van der Waals surface area contributed by atoms with Gasteiger partial charge in [-0.15, -0.1) is 0 Å². The third-order valence-corrected chi connectivity index (χ3v) is 6.52. The molecule has 0 bridgehead atoms. The first-order valence-corrected chi connectivity index (χ1v) is 11.5. The number of nitrogens with zero attached hydrogens (tertiary/aromatic N) is 3. The largest absolute Gasteiger partial charge is 0.357 e. The van der Waals surface area contributed by atoms with Crippen molar-refractivity contribution in [1.29, 1.82) is 0 Å². The molecule has 3 heterocycles. The first-order valence-electron chi connectivity index (χ1n) is 11.5. The number of hydrogen-bond donors (Lipinski definition) is 0. The molecule has 1 aromatic heterocycles. The molecule has 3 nitrogen and oxygen atoms in total. The monoisotopic (exact) mass is 431 g/mol. The molecule has 5 rings (SSSR count). The number of halogens is 2. The third-order valence-electron chi connectivity index (χ3n) is 6.52. The molecular formula is C27H27F2N3. The molecule has 1 fully saturated rings. The average Bonchev–Trinajstić information content (AvgIpc) is 3.13. The number of aromatic nitrogens is 1. The van der Waals surface area contributed by atoms with Gasteiger partial charge in [0.15, 0.2) is 0 Å². The van der Waals surface area contributed by atoms with Gasteiger partial charge in [0, 0.05) is 30.6 Å². The standard InChI is InChI=1S/C27H27F2N3/c28-22-6-5-7-23(29)27(22)25-14-13-24(31-25)20-10-8-19(9-11-20)21-12-15-26(30-18-21)32-16-3-1-2-4-17-32/h5-12,15,18,24H,1-4,13-14,16-17H2. The highest BCUT2D eigenvalue weighted by Crippen LogP contribution is 2.33. The van der Waals surface area contributed by atoms with Gasteiger partial charge in [-0.25, -0.2) is 13.8 Å². The topological polar surface area (TPSA) is 28.5 Å². The lowest BCUT2D eigenvalue weighted by Crippen LogP contribution is -2.24. The van der Waals surface area contributed by atoms with Gasteiger partial charge < -0.3 is 4.90 Å². The van der Waals surface area contributed by atoms with Gasteiger partial charge in [-0.2, -0.15) is 0 Å². The number of hydrogen-bond acceptors (Lipinski definition) is 3. The van der Waals surface area contributed by atoms with Gasteiger partial charge in [-0.05, 0) is 61.1 Å². The lowest BCUT2D eigenvalue weighted by Gasteiger charge is -2.21. The highest BCUT2D eigenvalue weighted by atomic mass is 19.1. The van der Waals surface area contributed by atoms with Crippen LogP contribution < -0.4 is 4.90 Å². The van der Waals surface area contributed by atoms with E-state index in [2.05, 4.69) is 46.3 Å². The number of rotatable bonds is 4. The Morgan fingerprint density at radius 3 is 2.12 bits per heavy atom. The molecule has 164 valence electrons. The van der Waals surface area contributed by atoms with Crippen molar-refractivity contribution in [1.82, 2.24) is 4.98 Å². The highest BCUT2D eigenvalue weighted by molar-refractivity contribution is 6.02. The molecule has 0 spiro atoms. The van der Waals surface area contributed by atoms with Gasteiger partial charge in [0.25, 0.3) is 0 Å². The molecule has 3 aromatic rings.